The molecule has 112 valence electrons. The van der Waals surface area contributed by atoms with Crippen LogP contribution in [0.3, 0.4) is 0 Å². The fourth-order valence-corrected chi connectivity index (χ4v) is 3.62. The standard InChI is InChI=1S/C14H15NO5S/c1-9-8-10(5-7-12(16)17)4-6-11(9)15-13(18)14(2,3)21(15,19)20/h4-8H,1-3H3,(H,16,17). The number of nitrogens with zero attached hydrogens (tertiary/aromatic N) is 1. The Morgan fingerprint density at radius 1 is 1.33 bits per heavy atom. The SMILES string of the molecule is Cc1cc(C=CC(=O)O)ccc1N1C(=O)C(C)(C)S1(=O)=O. The third-order valence-corrected chi connectivity index (χ3v) is 5.75. The van der Waals surface area contributed by atoms with Crippen LogP contribution in [0.4, 0.5) is 5.69 Å². The summed E-state index contributed by atoms with van der Waals surface area (Å²) < 4.78 is 23.7. The molecule has 1 aromatic carbocycles. The number of aryl methyl sites for hydroxylation is 1. The van der Waals surface area contributed by atoms with Gasteiger partial charge in [-0.05, 0) is 50.1 Å². The number of carboxylic acids is 1. The number of carboxylic acid groups (broad SMARTS) is 1. The number of carbonyl (C=O) groups excluding carboxylic acids is 1. The number of benzene rings is 1. The molecule has 0 atom stereocenters. The van der Waals surface area contributed by atoms with Crippen LogP contribution in [0.15, 0.2) is 24.3 Å². The van der Waals surface area contributed by atoms with Crippen LogP contribution in [0.2, 0.25) is 0 Å². The summed E-state index contributed by atoms with van der Waals surface area (Å²) in [7, 11) is -3.69. The van der Waals surface area contributed by atoms with Crippen LogP contribution in [0.5, 0.6) is 0 Å². The van der Waals surface area contributed by atoms with Crippen molar-refractivity contribution in [1.29, 1.82) is 0 Å². The highest BCUT2D eigenvalue weighted by atomic mass is 32.2. The number of anilines is 1. The Balaban J connectivity index is 2.40. The Morgan fingerprint density at radius 3 is 2.43 bits per heavy atom. The Bertz CT molecular complexity index is 762. The topological polar surface area (TPSA) is 91.8 Å². The highest BCUT2D eigenvalue weighted by Crippen LogP contribution is 2.40. The quantitative estimate of drug-likeness (QED) is 0.855. The van der Waals surface area contributed by atoms with Crippen molar-refractivity contribution in [3.63, 3.8) is 0 Å². The third-order valence-electron chi connectivity index (χ3n) is 3.44. The molecule has 7 heteroatoms. The van der Waals surface area contributed by atoms with Crippen LogP contribution in [0.1, 0.15) is 25.0 Å². The van der Waals surface area contributed by atoms with Crippen LogP contribution in [0.25, 0.3) is 6.08 Å². The molecular weight excluding hydrogens is 294 g/mol. The lowest BCUT2D eigenvalue weighted by atomic mass is 10.1. The number of rotatable bonds is 3. The van der Waals surface area contributed by atoms with Crippen molar-refractivity contribution in [2.45, 2.75) is 25.5 Å². The van der Waals surface area contributed by atoms with E-state index < -0.39 is 26.6 Å². The van der Waals surface area contributed by atoms with Gasteiger partial charge >= 0.3 is 5.97 Å². The Labute approximate surface area is 122 Å². The second-order valence-corrected chi connectivity index (χ2v) is 7.64. The molecule has 21 heavy (non-hydrogen) atoms. The molecule has 0 aromatic heterocycles. The summed E-state index contributed by atoms with van der Waals surface area (Å²) in [6, 6.07) is 4.69. The van der Waals surface area contributed by atoms with Crippen molar-refractivity contribution in [3.8, 4) is 0 Å². The number of sulfonamides is 1. The van der Waals surface area contributed by atoms with Gasteiger partial charge in [-0.1, -0.05) is 6.07 Å². The van der Waals surface area contributed by atoms with E-state index in [0.29, 0.717) is 16.8 Å². The smallest absolute Gasteiger partial charge is 0.328 e. The highest BCUT2D eigenvalue weighted by Gasteiger charge is 2.61. The lowest BCUT2D eigenvalue weighted by Crippen LogP contribution is -2.67. The van der Waals surface area contributed by atoms with Gasteiger partial charge in [0, 0.05) is 6.08 Å². The summed E-state index contributed by atoms with van der Waals surface area (Å²) in [5.41, 5.74) is 1.49. The maximum absolute atomic E-state index is 12.1. The zero-order chi connectivity index (χ0) is 16.0. The van der Waals surface area contributed by atoms with E-state index in [4.69, 9.17) is 5.11 Å². The predicted molar refractivity (Wildman–Crippen MR) is 78.3 cm³/mol. The first-order valence-electron chi connectivity index (χ1n) is 6.20. The van der Waals surface area contributed by atoms with E-state index in [-0.39, 0.29) is 0 Å². The number of hydrogen-bond acceptors (Lipinski definition) is 4. The zero-order valence-electron chi connectivity index (χ0n) is 11.8. The highest BCUT2D eigenvalue weighted by molar-refractivity contribution is 7.98. The van der Waals surface area contributed by atoms with Gasteiger partial charge in [-0.2, -0.15) is 0 Å². The summed E-state index contributed by atoms with van der Waals surface area (Å²) in [6.45, 7) is 4.42. The average Bonchev–Trinajstić information content (AvgIpc) is 2.38. The predicted octanol–water partition coefficient (Wildman–Crippen LogP) is 1.55. The van der Waals surface area contributed by atoms with E-state index in [9.17, 15) is 18.0 Å². The van der Waals surface area contributed by atoms with Gasteiger partial charge in [0.25, 0.3) is 15.9 Å². The molecule has 1 aliphatic heterocycles. The minimum absolute atomic E-state index is 0.298. The van der Waals surface area contributed by atoms with Crippen LogP contribution in [-0.2, 0) is 19.6 Å². The fourth-order valence-electron chi connectivity index (χ4n) is 2.07. The molecule has 0 spiro atoms. The summed E-state index contributed by atoms with van der Waals surface area (Å²) in [5, 5.41) is 8.58. The summed E-state index contributed by atoms with van der Waals surface area (Å²) >= 11 is 0. The molecule has 0 unspecified atom stereocenters. The molecule has 6 nitrogen and oxygen atoms in total. The minimum Gasteiger partial charge on any atom is -0.478 e. The Kier molecular flexibility index (Phi) is 3.41. The van der Waals surface area contributed by atoms with Gasteiger partial charge in [-0.15, -0.1) is 0 Å². The summed E-state index contributed by atoms with van der Waals surface area (Å²) in [6.07, 6.45) is 2.39. The molecule has 0 radical (unpaired) electrons. The fraction of sp³-hybridized carbons (Fsp3) is 0.286. The number of carbonyl (C=O) groups is 2. The zero-order valence-corrected chi connectivity index (χ0v) is 12.6. The molecule has 1 amide bonds. The molecule has 0 saturated carbocycles. The largest absolute Gasteiger partial charge is 0.478 e. The minimum atomic E-state index is -3.69. The molecular formula is C14H15NO5S. The van der Waals surface area contributed by atoms with Crippen molar-refractivity contribution in [2.24, 2.45) is 0 Å². The average molecular weight is 309 g/mol. The first-order chi connectivity index (χ1) is 9.59. The molecule has 1 heterocycles. The first-order valence-corrected chi connectivity index (χ1v) is 7.64. The van der Waals surface area contributed by atoms with Crippen LogP contribution >= 0.6 is 0 Å². The second kappa shape index (κ2) is 4.70. The molecule has 2 rings (SSSR count). The monoisotopic (exact) mass is 309 g/mol. The van der Waals surface area contributed by atoms with E-state index >= 15 is 0 Å². The number of aliphatic carboxylic acids is 1. The summed E-state index contributed by atoms with van der Waals surface area (Å²) in [5.74, 6) is -1.54. The molecule has 1 aliphatic rings. The maximum atomic E-state index is 12.1. The van der Waals surface area contributed by atoms with Gasteiger partial charge < -0.3 is 5.11 Å². The molecule has 1 fully saturated rings. The maximum Gasteiger partial charge on any atom is 0.328 e. The van der Waals surface area contributed by atoms with Crippen LogP contribution < -0.4 is 4.31 Å². The Hall–Kier alpha value is -2.15. The van der Waals surface area contributed by atoms with Crippen molar-refractivity contribution >= 4 is 33.7 Å². The normalized spacial score (nSPS) is 19.6. The lowest BCUT2D eigenvalue weighted by Gasteiger charge is -2.43. The third kappa shape index (κ3) is 2.23. The summed E-state index contributed by atoms with van der Waals surface area (Å²) in [4.78, 5) is 22.5. The molecule has 1 aromatic rings. The van der Waals surface area contributed by atoms with Crippen molar-refractivity contribution in [2.75, 3.05) is 4.31 Å². The van der Waals surface area contributed by atoms with Crippen LogP contribution in [-0.4, -0.2) is 30.1 Å². The number of amides is 1. The number of hydrogen-bond donors (Lipinski definition) is 1. The van der Waals surface area contributed by atoms with Gasteiger partial charge in [0.05, 0.1) is 5.69 Å². The Morgan fingerprint density at radius 2 is 1.95 bits per heavy atom. The molecule has 0 bridgehead atoms. The second-order valence-electron chi connectivity index (χ2n) is 5.30. The van der Waals surface area contributed by atoms with Crippen molar-refractivity contribution in [3.05, 3.63) is 35.4 Å². The first kappa shape index (κ1) is 15.2. The van der Waals surface area contributed by atoms with E-state index in [1.807, 2.05) is 0 Å². The van der Waals surface area contributed by atoms with E-state index in [1.54, 1.807) is 19.1 Å². The van der Waals surface area contributed by atoms with Gasteiger partial charge in [0.1, 0.15) is 0 Å². The van der Waals surface area contributed by atoms with E-state index in [2.05, 4.69) is 0 Å². The van der Waals surface area contributed by atoms with Gasteiger partial charge in [0.2, 0.25) is 0 Å². The van der Waals surface area contributed by atoms with Gasteiger partial charge in [-0.3, -0.25) is 4.79 Å². The molecule has 1 saturated heterocycles. The van der Waals surface area contributed by atoms with Crippen molar-refractivity contribution < 1.29 is 23.1 Å². The van der Waals surface area contributed by atoms with E-state index in [1.165, 1.54) is 26.0 Å². The molecule has 0 aliphatic carbocycles. The van der Waals surface area contributed by atoms with Crippen molar-refractivity contribution in [1.82, 2.24) is 0 Å². The van der Waals surface area contributed by atoms with E-state index in [0.717, 1.165) is 10.4 Å². The lowest BCUT2D eigenvalue weighted by molar-refractivity contribution is -0.131. The van der Waals surface area contributed by atoms with Gasteiger partial charge in [-0.25, -0.2) is 17.5 Å². The molecule has 1 N–H and O–H groups in total. The van der Waals surface area contributed by atoms with Gasteiger partial charge in [0.15, 0.2) is 4.75 Å². The van der Waals surface area contributed by atoms with Crippen LogP contribution in [0, 0.1) is 6.92 Å².